The van der Waals surface area contributed by atoms with E-state index in [2.05, 4.69) is 11.6 Å². The van der Waals surface area contributed by atoms with Gasteiger partial charge in [0.2, 0.25) is 0 Å². The Labute approximate surface area is 98.4 Å². The lowest BCUT2D eigenvalue weighted by Gasteiger charge is -2.19. The summed E-state index contributed by atoms with van der Waals surface area (Å²) >= 11 is 7.11. The number of rotatable bonds is 5. The van der Waals surface area contributed by atoms with Gasteiger partial charge in [0.25, 0.3) is 0 Å². The van der Waals surface area contributed by atoms with Gasteiger partial charge in [-0.2, -0.15) is 0 Å². The maximum absolute atomic E-state index is 10.6. The van der Waals surface area contributed by atoms with Crippen molar-refractivity contribution in [3.8, 4) is 0 Å². The molecule has 1 heterocycles. The predicted octanol–water partition coefficient (Wildman–Crippen LogP) is 3.01. The first-order valence-corrected chi connectivity index (χ1v) is 5.78. The zero-order valence-electron chi connectivity index (χ0n) is 8.79. The van der Waals surface area contributed by atoms with E-state index in [0.29, 0.717) is 4.88 Å². The number of halogens is 1. The van der Waals surface area contributed by atoms with Gasteiger partial charge < -0.3 is 4.90 Å². The number of aldehydes is 1. The van der Waals surface area contributed by atoms with Crippen LogP contribution in [0.25, 0.3) is 0 Å². The number of hydrogen-bond acceptors (Lipinski definition) is 4. The van der Waals surface area contributed by atoms with Crippen molar-refractivity contribution in [2.24, 2.45) is 0 Å². The number of likely N-dealkylation sites (N-methyl/N-ethyl adjacent to an activating group) is 1. The standard InChI is InChI=1S/C10H13ClN2OS/c1-4-13(5-7(2)3)10-12-9(11)8(6-14)15-10/h6H,2,4-5H2,1,3H3. The molecular weight excluding hydrogens is 232 g/mol. The van der Waals surface area contributed by atoms with Crippen molar-refractivity contribution in [2.45, 2.75) is 13.8 Å². The molecule has 0 aliphatic rings. The van der Waals surface area contributed by atoms with E-state index in [0.717, 1.165) is 30.1 Å². The number of carbonyl (C=O) groups is 1. The third-order valence-corrected chi connectivity index (χ3v) is 3.26. The summed E-state index contributed by atoms with van der Waals surface area (Å²) in [6.07, 6.45) is 0.734. The number of aromatic nitrogens is 1. The van der Waals surface area contributed by atoms with Crippen LogP contribution in [-0.2, 0) is 0 Å². The number of hydrogen-bond donors (Lipinski definition) is 0. The van der Waals surface area contributed by atoms with E-state index in [9.17, 15) is 4.79 Å². The summed E-state index contributed by atoms with van der Waals surface area (Å²) in [4.78, 5) is 17.3. The Morgan fingerprint density at radius 2 is 2.40 bits per heavy atom. The van der Waals surface area contributed by atoms with Crippen LogP contribution < -0.4 is 4.90 Å². The molecular formula is C10H13ClN2OS. The molecule has 0 aromatic carbocycles. The molecule has 1 aromatic rings. The number of thiazole rings is 1. The van der Waals surface area contributed by atoms with Crippen molar-refractivity contribution in [3.05, 3.63) is 22.2 Å². The monoisotopic (exact) mass is 244 g/mol. The predicted molar refractivity (Wildman–Crippen MR) is 65.2 cm³/mol. The Balaban J connectivity index is 2.91. The lowest BCUT2D eigenvalue weighted by atomic mass is 10.3. The second-order valence-corrected chi connectivity index (χ2v) is 4.61. The van der Waals surface area contributed by atoms with Gasteiger partial charge in [-0.3, -0.25) is 4.79 Å². The molecule has 1 rings (SSSR count). The molecule has 0 N–H and O–H groups in total. The smallest absolute Gasteiger partial charge is 0.187 e. The van der Waals surface area contributed by atoms with Crippen LogP contribution in [-0.4, -0.2) is 24.4 Å². The highest BCUT2D eigenvalue weighted by molar-refractivity contribution is 7.17. The fraction of sp³-hybridized carbons (Fsp3) is 0.400. The Morgan fingerprint density at radius 1 is 1.73 bits per heavy atom. The van der Waals surface area contributed by atoms with Gasteiger partial charge in [0, 0.05) is 13.1 Å². The van der Waals surface area contributed by atoms with Crippen LogP contribution in [0, 0.1) is 0 Å². The van der Waals surface area contributed by atoms with E-state index in [1.165, 1.54) is 11.3 Å². The van der Waals surface area contributed by atoms with Crippen LogP contribution in [0.4, 0.5) is 5.13 Å². The molecule has 82 valence electrons. The quantitative estimate of drug-likeness (QED) is 0.590. The van der Waals surface area contributed by atoms with Gasteiger partial charge in [-0.15, -0.1) is 0 Å². The summed E-state index contributed by atoms with van der Waals surface area (Å²) in [6.45, 7) is 9.38. The molecule has 5 heteroatoms. The maximum Gasteiger partial charge on any atom is 0.187 e. The molecule has 0 saturated heterocycles. The van der Waals surface area contributed by atoms with Crippen molar-refractivity contribution in [3.63, 3.8) is 0 Å². The lowest BCUT2D eigenvalue weighted by Crippen LogP contribution is -2.24. The highest BCUT2D eigenvalue weighted by Crippen LogP contribution is 2.28. The van der Waals surface area contributed by atoms with Gasteiger partial charge in [-0.05, 0) is 13.8 Å². The minimum Gasteiger partial charge on any atom is -0.344 e. The SMILES string of the molecule is C=C(C)CN(CC)c1nc(Cl)c(C=O)s1. The Morgan fingerprint density at radius 3 is 2.80 bits per heavy atom. The van der Waals surface area contributed by atoms with E-state index in [1.807, 2.05) is 18.7 Å². The van der Waals surface area contributed by atoms with Crippen LogP contribution in [0.2, 0.25) is 5.15 Å². The topological polar surface area (TPSA) is 33.2 Å². The summed E-state index contributed by atoms with van der Waals surface area (Å²) in [5, 5.41) is 1.05. The van der Waals surface area contributed by atoms with E-state index in [-0.39, 0.29) is 5.15 Å². The molecule has 0 unspecified atom stereocenters. The minimum atomic E-state index is 0.283. The largest absolute Gasteiger partial charge is 0.344 e. The van der Waals surface area contributed by atoms with Crippen molar-refractivity contribution in [1.29, 1.82) is 0 Å². The fourth-order valence-corrected chi connectivity index (χ4v) is 2.28. The molecule has 1 aromatic heterocycles. The number of nitrogens with zero attached hydrogens (tertiary/aromatic N) is 2. The maximum atomic E-state index is 10.6. The Bertz CT molecular complexity index is 375. The van der Waals surface area contributed by atoms with Crippen molar-refractivity contribution < 1.29 is 4.79 Å². The average Bonchev–Trinajstić information content (AvgIpc) is 2.55. The third kappa shape index (κ3) is 3.04. The first kappa shape index (κ1) is 12.2. The van der Waals surface area contributed by atoms with Gasteiger partial charge in [0.15, 0.2) is 16.6 Å². The number of carbonyl (C=O) groups excluding carboxylic acids is 1. The average molecular weight is 245 g/mol. The second kappa shape index (κ2) is 5.28. The first-order chi connectivity index (χ1) is 7.08. The minimum absolute atomic E-state index is 0.283. The lowest BCUT2D eigenvalue weighted by molar-refractivity contribution is 0.112. The van der Waals surface area contributed by atoms with Gasteiger partial charge in [0.05, 0.1) is 0 Å². The van der Waals surface area contributed by atoms with E-state index in [4.69, 9.17) is 11.6 Å². The zero-order valence-corrected chi connectivity index (χ0v) is 10.4. The summed E-state index contributed by atoms with van der Waals surface area (Å²) in [5.41, 5.74) is 1.05. The molecule has 0 fully saturated rings. The molecule has 0 spiro atoms. The normalized spacial score (nSPS) is 10.1. The van der Waals surface area contributed by atoms with E-state index >= 15 is 0 Å². The fourth-order valence-electron chi connectivity index (χ4n) is 1.15. The highest BCUT2D eigenvalue weighted by atomic mass is 35.5. The van der Waals surface area contributed by atoms with Crippen molar-refractivity contribution in [1.82, 2.24) is 4.98 Å². The Hall–Kier alpha value is -0.870. The van der Waals surface area contributed by atoms with E-state index in [1.54, 1.807) is 0 Å². The number of anilines is 1. The summed E-state index contributed by atoms with van der Waals surface area (Å²) < 4.78 is 0. The Kier molecular flexibility index (Phi) is 4.29. The molecule has 3 nitrogen and oxygen atoms in total. The summed E-state index contributed by atoms with van der Waals surface area (Å²) in [6, 6.07) is 0. The van der Waals surface area contributed by atoms with Gasteiger partial charge >= 0.3 is 0 Å². The van der Waals surface area contributed by atoms with Crippen LogP contribution in [0.15, 0.2) is 12.2 Å². The van der Waals surface area contributed by atoms with Gasteiger partial charge in [-0.1, -0.05) is 35.1 Å². The van der Waals surface area contributed by atoms with Crippen LogP contribution >= 0.6 is 22.9 Å². The van der Waals surface area contributed by atoms with Crippen LogP contribution in [0.3, 0.4) is 0 Å². The second-order valence-electron chi connectivity index (χ2n) is 3.24. The molecule has 15 heavy (non-hydrogen) atoms. The molecule has 0 saturated carbocycles. The third-order valence-electron chi connectivity index (χ3n) is 1.82. The van der Waals surface area contributed by atoms with Gasteiger partial charge in [0.1, 0.15) is 4.88 Å². The molecule has 0 amide bonds. The summed E-state index contributed by atoms with van der Waals surface area (Å²) in [5.74, 6) is 0. The molecule has 0 aliphatic heterocycles. The highest BCUT2D eigenvalue weighted by Gasteiger charge is 2.13. The zero-order chi connectivity index (χ0) is 11.4. The molecule has 0 bridgehead atoms. The van der Waals surface area contributed by atoms with Crippen molar-refractivity contribution >= 4 is 34.4 Å². The molecule has 0 aliphatic carbocycles. The molecule has 0 atom stereocenters. The van der Waals surface area contributed by atoms with Crippen LogP contribution in [0.5, 0.6) is 0 Å². The van der Waals surface area contributed by atoms with E-state index < -0.39 is 0 Å². The first-order valence-electron chi connectivity index (χ1n) is 4.59. The van der Waals surface area contributed by atoms with Crippen LogP contribution in [0.1, 0.15) is 23.5 Å². The van der Waals surface area contributed by atoms with Gasteiger partial charge in [-0.25, -0.2) is 4.98 Å². The van der Waals surface area contributed by atoms with Crippen molar-refractivity contribution in [2.75, 3.05) is 18.0 Å². The summed E-state index contributed by atoms with van der Waals surface area (Å²) in [7, 11) is 0. The molecule has 0 radical (unpaired) electrons.